The van der Waals surface area contributed by atoms with Crippen LogP contribution in [0.25, 0.3) is 0 Å². The molecule has 0 aromatic carbocycles. The fourth-order valence-corrected chi connectivity index (χ4v) is 2.80. The summed E-state index contributed by atoms with van der Waals surface area (Å²) in [5.41, 5.74) is 0.241. The van der Waals surface area contributed by atoms with E-state index in [0.717, 1.165) is 32.1 Å². The molecule has 0 saturated heterocycles. The predicted molar refractivity (Wildman–Crippen MR) is 130 cm³/mol. The van der Waals surface area contributed by atoms with Crippen molar-refractivity contribution in [2.75, 3.05) is 13.2 Å². The van der Waals surface area contributed by atoms with E-state index in [9.17, 15) is 23.1 Å². The van der Waals surface area contributed by atoms with Gasteiger partial charge in [-0.1, -0.05) is 91.2 Å². The van der Waals surface area contributed by atoms with Crippen LogP contribution in [0.4, 0.5) is 0 Å². The van der Waals surface area contributed by atoms with Crippen LogP contribution in [0.1, 0.15) is 105 Å². The van der Waals surface area contributed by atoms with Crippen LogP contribution in [0, 0.1) is 0 Å². The fourth-order valence-electron chi connectivity index (χ4n) is 2.09. The van der Waals surface area contributed by atoms with E-state index >= 15 is 0 Å². The van der Waals surface area contributed by atoms with Gasteiger partial charge in [-0.25, -0.2) is 13.2 Å². The molecule has 0 atom stereocenters. The first-order valence-electron chi connectivity index (χ1n) is 11.7. The Morgan fingerprint density at radius 3 is 1.32 bits per heavy atom. The van der Waals surface area contributed by atoms with E-state index in [2.05, 4.69) is 20.1 Å². The average Bonchev–Trinajstić information content (AvgIpc) is 2.72. The summed E-state index contributed by atoms with van der Waals surface area (Å²) in [7, 11) is -3.76. The molecular formula is C24H45NaO8S. The van der Waals surface area contributed by atoms with Crippen molar-refractivity contribution in [3.8, 4) is 0 Å². The summed E-state index contributed by atoms with van der Waals surface area (Å²) in [5.74, 6) is -2.12. The number of carbonyl (C=O) groups excluding carboxylic acids is 1. The molecule has 0 amide bonds. The third-order valence-electron chi connectivity index (χ3n) is 4.16. The van der Waals surface area contributed by atoms with Crippen molar-refractivity contribution in [1.29, 1.82) is 0 Å². The zero-order chi connectivity index (χ0) is 26.1. The van der Waals surface area contributed by atoms with Crippen molar-refractivity contribution >= 4 is 22.3 Å². The Hall–Kier alpha value is -0.710. The minimum Gasteiger partial charge on any atom is -0.545 e. The van der Waals surface area contributed by atoms with Crippen LogP contribution in [0.3, 0.4) is 0 Å². The monoisotopic (exact) mass is 516 g/mol. The molecule has 0 aliphatic carbocycles. The summed E-state index contributed by atoms with van der Waals surface area (Å²) in [6.45, 7) is 13.8. The smallest absolute Gasteiger partial charge is 0.545 e. The van der Waals surface area contributed by atoms with Gasteiger partial charge in [0, 0.05) is 5.57 Å². The van der Waals surface area contributed by atoms with E-state index in [1.54, 1.807) is 0 Å². The summed E-state index contributed by atoms with van der Waals surface area (Å²) in [5, 5.41) is 17.4. The minimum absolute atomic E-state index is 0. The molecule has 0 spiro atoms. The number of unbranched alkanes of at least 4 members (excludes halogenated alkanes) is 10. The van der Waals surface area contributed by atoms with Gasteiger partial charge in [0.05, 0.1) is 19.2 Å². The maximum Gasteiger partial charge on any atom is 1.00 e. The van der Waals surface area contributed by atoms with E-state index in [1.807, 2.05) is 6.92 Å². The summed E-state index contributed by atoms with van der Waals surface area (Å²) in [6.07, 6.45) is 13.8. The number of aliphatic carboxylic acids is 2. The van der Waals surface area contributed by atoms with Crippen molar-refractivity contribution in [2.24, 2.45) is 0 Å². The number of carboxylic acid groups (broad SMARTS) is 2. The molecule has 0 aliphatic heterocycles. The first-order chi connectivity index (χ1) is 15.4. The second-order valence-corrected chi connectivity index (χ2v) is 9.03. The van der Waals surface area contributed by atoms with Gasteiger partial charge in [0.1, 0.15) is 0 Å². The molecule has 8 nitrogen and oxygen atoms in total. The maximum atomic E-state index is 11.3. The van der Waals surface area contributed by atoms with Gasteiger partial charge in [0.15, 0.2) is 0 Å². The molecule has 0 aliphatic rings. The van der Waals surface area contributed by atoms with Crippen LogP contribution in [-0.4, -0.2) is 38.7 Å². The Bertz CT molecular complexity index is 585. The molecule has 0 heterocycles. The SMILES string of the molecule is C=C(C)C(=O)O.C=C(C)C(=O)[O-].CCCCCCCCCCCCOS(=O)(=O)OCCCC.[Na+]. The molecule has 0 aromatic rings. The molecule has 0 saturated carbocycles. The topological polar surface area (TPSA) is 130 Å². The van der Waals surface area contributed by atoms with Crippen LogP contribution in [0.15, 0.2) is 24.3 Å². The molecule has 0 bridgehead atoms. The molecular weight excluding hydrogens is 471 g/mol. The zero-order valence-electron chi connectivity index (χ0n) is 22.0. The van der Waals surface area contributed by atoms with Crippen LogP contribution >= 0.6 is 0 Å². The number of carbonyl (C=O) groups is 2. The predicted octanol–water partition coefficient (Wildman–Crippen LogP) is 1.95. The molecule has 0 radical (unpaired) electrons. The van der Waals surface area contributed by atoms with Gasteiger partial charge in [-0.15, -0.1) is 0 Å². The largest absolute Gasteiger partial charge is 1.00 e. The summed E-state index contributed by atoms with van der Waals surface area (Å²) in [4.78, 5) is 19.1. The van der Waals surface area contributed by atoms with E-state index in [-0.39, 0.29) is 53.9 Å². The van der Waals surface area contributed by atoms with E-state index in [1.165, 1.54) is 58.8 Å². The van der Waals surface area contributed by atoms with E-state index in [0.29, 0.717) is 0 Å². The van der Waals surface area contributed by atoms with Gasteiger partial charge in [-0.3, -0.25) is 0 Å². The van der Waals surface area contributed by atoms with Crippen molar-refractivity contribution in [1.82, 2.24) is 0 Å². The average molecular weight is 517 g/mol. The third kappa shape index (κ3) is 38.5. The second kappa shape index (κ2) is 28.5. The zero-order valence-corrected chi connectivity index (χ0v) is 24.8. The van der Waals surface area contributed by atoms with Crippen LogP contribution in [0.5, 0.6) is 0 Å². The maximum absolute atomic E-state index is 11.3. The molecule has 0 rings (SSSR count). The Morgan fingerprint density at radius 2 is 1.03 bits per heavy atom. The Balaban J connectivity index is -0.000000284. The van der Waals surface area contributed by atoms with Gasteiger partial charge in [0.25, 0.3) is 0 Å². The summed E-state index contributed by atoms with van der Waals surface area (Å²) < 4.78 is 32.2. The van der Waals surface area contributed by atoms with Crippen LogP contribution < -0.4 is 34.7 Å². The van der Waals surface area contributed by atoms with Crippen molar-refractivity contribution in [2.45, 2.75) is 105 Å². The number of carboxylic acids is 2. The standard InChI is InChI=1S/C16H34O4S.2C4H6O2.Na/c1-3-5-7-8-9-10-11-12-13-14-16-20-21(17,18)19-15-6-4-2;2*1-3(2)4(5)6;/h3-16H2,1-2H3;2*1H2,2H3,(H,5,6);/q;;;+1/p-1. The molecule has 1 N–H and O–H groups in total. The number of rotatable bonds is 18. The Kier molecular flexibility index (Phi) is 33.9. The van der Waals surface area contributed by atoms with Crippen molar-refractivity contribution < 1.29 is 66.1 Å². The molecule has 0 unspecified atom stereocenters. The normalized spacial score (nSPS) is 10.0. The van der Waals surface area contributed by atoms with E-state index in [4.69, 9.17) is 13.5 Å². The van der Waals surface area contributed by atoms with Crippen LogP contribution in [-0.2, 0) is 28.4 Å². The van der Waals surface area contributed by atoms with Gasteiger partial charge in [-0.05, 0) is 32.3 Å². The first kappa shape index (κ1) is 40.5. The van der Waals surface area contributed by atoms with Gasteiger partial charge in [-0.2, -0.15) is 8.42 Å². The quantitative estimate of drug-likeness (QED) is 0.166. The van der Waals surface area contributed by atoms with Gasteiger partial charge in [0.2, 0.25) is 0 Å². The number of hydrogen-bond donors (Lipinski definition) is 1. The van der Waals surface area contributed by atoms with E-state index < -0.39 is 22.3 Å². The Morgan fingerprint density at radius 1 is 0.735 bits per heavy atom. The minimum atomic E-state index is -3.76. The number of hydrogen-bond acceptors (Lipinski definition) is 7. The summed E-state index contributed by atoms with van der Waals surface area (Å²) >= 11 is 0. The molecule has 10 heteroatoms. The first-order valence-corrected chi connectivity index (χ1v) is 13.0. The van der Waals surface area contributed by atoms with Crippen LogP contribution in [0.2, 0.25) is 0 Å². The molecule has 0 fully saturated rings. The van der Waals surface area contributed by atoms with Gasteiger partial charge >= 0.3 is 45.9 Å². The molecule has 0 aromatic heterocycles. The van der Waals surface area contributed by atoms with Crippen molar-refractivity contribution in [3.05, 3.63) is 24.3 Å². The second-order valence-electron chi connectivity index (χ2n) is 7.74. The molecule has 34 heavy (non-hydrogen) atoms. The fraction of sp³-hybridized carbons (Fsp3) is 0.750. The molecule has 196 valence electrons. The third-order valence-corrected chi connectivity index (χ3v) is 5.08. The van der Waals surface area contributed by atoms with Crippen molar-refractivity contribution in [3.63, 3.8) is 0 Å². The van der Waals surface area contributed by atoms with Gasteiger partial charge < -0.3 is 15.0 Å². The Labute approximate surface area is 229 Å². The summed E-state index contributed by atoms with van der Waals surface area (Å²) in [6, 6.07) is 0.